The van der Waals surface area contributed by atoms with Crippen molar-refractivity contribution in [2.75, 3.05) is 7.11 Å². The zero-order valence-electron chi connectivity index (χ0n) is 13.4. The monoisotopic (exact) mass is 321 g/mol. The van der Waals surface area contributed by atoms with E-state index in [9.17, 15) is 9.59 Å². The summed E-state index contributed by atoms with van der Waals surface area (Å²) < 4.78 is 4.71. The largest absolute Gasteiger partial charge is 0.467 e. The molecule has 0 aromatic heterocycles. The van der Waals surface area contributed by atoms with Gasteiger partial charge in [-0.2, -0.15) is 0 Å². The van der Waals surface area contributed by atoms with Gasteiger partial charge in [0.15, 0.2) is 0 Å². The molecule has 24 heavy (non-hydrogen) atoms. The number of hydrogen-bond acceptors (Lipinski definition) is 3. The first-order chi connectivity index (χ1) is 11.7. The van der Waals surface area contributed by atoms with Gasteiger partial charge in [0, 0.05) is 6.42 Å². The first-order valence-electron chi connectivity index (χ1n) is 7.59. The summed E-state index contributed by atoms with van der Waals surface area (Å²) in [6, 6.07) is 17.9. The number of esters is 1. The average molecular weight is 321 g/mol. The fourth-order valence-electron chi connectivity index (χ4n) is 2.49. The summed E-state index contributed by atoms with van der Waals surface area (Å²) in [6.45, 7) is 0. The van der Waals surface area contributed by atoms with Gasteiger partial charge in [-0.15, -0.1) is 12.3 Å². The number of carbonyl (C=O) groups excluding carboxylic acids is 2. The van der Waals surface area contributed by atoms with E-state index in [0.717, 1.165) is 11.1 Å². The molecule has 4 heteroatoms. The molecule has 0 fully saturated rings. The lowest BCUT2D eigenvalue weighted by Gasteiger charge is -2.21. The van der Waals surface area contributed by atoms with Crippen molar-refractivity contribution in [3.8, 4) is 12.3 Å². The van der Waals surface area contributed by atoms with E-state index in [2.05, 4.69) is 11.2 Å². The van der Waals surface area contributed by atoms with E-state index < -0.39 is 17.9 Å². The maximum absolute atomic E-state index is 12.9. The molecule has 2 aromatic carbocycles. The van der Waals surface area contributed by atoms with Crippen molar-refractivity contribution in [1.82, 2.24) is 5.32 Å². The van der Waals surface area contributed by atoms with E-state index in [4.69, 9.17) is 11.2 Å². The maximum atomic E-state index is 12.9. The van der Waals surface area contributed by atoms with E-state index in [1.165, 1.54) is 7.11 Å². The van der Waals surface area contributed by atoms with Gasteiger partial charge in [0.25, 0.3) is 0 Å². The highest BCUT2D eigenvalue weighted by atomic mass is 16.5. The molecule has 0 saturated carbocycles. The summed E-state index contributed by atoms with van der Waals surface area (Å²) in [5, 5.41) is 2.71. The Morgan fingerprint density at radius 3 is 1.96 bits per heavy atom. The minimum absolute atomic E-state index is 0.0781. The third-order valence-electron chi connectivity index (χ3n) is 3.65. The van der Waals surface area contributed by atoms with Gasteiger partial charge in [-0.25, -0.2) is 4.79 Å². The molecule has 0 aliphatic carbocycles. The summed E-state index contributed by atoms with van der Waals surface area (Å²) in [5.41, 5.74) is 1.68. The summed E-state index contributed by atoms with van der Waals surface area (Å²) in [6.07, 6.45) is 5.36. The molecule has 1 amide bonds. The van der Waals surface area contributed by atoms with Crippen LogP contribution in [0.15, 0.2) is 60.7 Å². The molecule has 2 rings (SSSR count). The summed E-state index contributed by atoms with van der Waals surface area (Å²) in [5.74, 6) is 1.01. The van der Waals surface area contributed by atoms with Crippen LogP contribution in [0.2, 0.25) is 0 Å². The number of benzene rings is 2. The highest BCUT2D eigenvalue weighted by Crippen LogP contribution is 2.25. The van der Waals surface area contributed by atoms with Crippen molar-refractivity contribution in [3.05, 3.63) is 71.8 Å². The Morgan fingerprint density at radius 1 is 1.04 bits per heavy atom. The number of hydrogen-bond donors (Lipinski definition) is 1. The van der Waals surface area contributed by atoms with Crippen molar-refractivity contribution in [1.29, 1.82) is 0 Å². The zero-order valence-corrected chi connectivity index (χ0v) is 13.4. The van der Waals surface area contributed by atoms with Gasteiger partial charge < -0.3 is 10.1 Å². The van der Waals surface area contributed by atoms with E-state index in [1.54, 1.807) is 0 Å². The Labute approximate surface area is 141 Å². The first-order valence-corrected chi connectivity index (χ1v) is 7.59. The van der Waals surface area contributed by atoms with Crippen LogP contribution in [-0.2, 0) is 14.3 Å². The second-order valence-corrected chi connectivity index (χ2v) is 5.25. The van der Waals surface area contributed by atoms with Crippen LogP contribution >= 0.6 is 0 Å². The van der Waals surface area contributed by atoms with Crippen LogP contribution in [0.3, 0.4) is 0 Å². The predicted molar refractivity (Wildman–Crippen MR) is 92.1 cm³/mol. The highest BCUT2D eigenvalue weighted by molar-refractivity contribution is 5.91. The van der Waals surface area contributed by atoms with E-state index in [1.807, 2.05) is 60.7 Å². The predicted octanol–water partition coefficient (Wildman–Crippen LogP) is 2.50. The minimum Gasteiger partial charge on any atom is -0.467 e. The van der Waals surface area contributed by atoms with Gasteiger partial charge in [0.1, 0.15) is 6.04 Å². The Balaban J connectivity index is 2.32. The van der Waals surface area contributed by atoms with Crippen molar-refractivity contribution in [2.45, 2.75) is 18.4 Å². The van der Waals surface area contributed by atoms with Crippen LogP contribution < -0.4 is 5.32 Å². The molecule has 0 bridgehead atoms. The van der Waals surface area contributed by atoms with Crippen LogP contribution in [0.1, 0.15) is 23.5 Å². The number of nitrogens with one attached hydrogen (secondary N) is 1. The number of methoxy groups -OCH3 is 1. The van der Waals surface area contributed by atoms with Crippen molar-refractivity contribution < 1.29 is 14.3 Å². The van der Waals surface area contributed by atoms with Crippen LogP contribution in [-0.4, -0.2) is 25.0 Å². The fraction of sp³-hybridized carbons (Fsp3) is 0.200. The van der Waals surface area contributed by atoms with Crippen molar-refractivity contribution in [3.63, 3.8) is 0 Å². The standard InChI is InChI=1S/C20H19NO3/c1-3-10-17(20(23)24-2)21-19(22)18(15-11-6-4-7-12-15)16-13-8-5-9-14-16/h1,4-9,11-14,17-18H,10H2,2H3,(H,21,22)/t17-/m0/s1. The van der Waals surface area contributed by atoms with Crippen LogP contribution in [0.4, 0.5) is 0 Å². The molecular formula is C20H19NO3. The van der Waals surface area contributed by atoms with Gasteiger partial charge in [-0.3, -0.25) is 4.79 Å². The van der Waals surface area contributed by atoms with E-state index in [0.29, 0.717) is 0 Å². The number of terminal acetylenes is 1. The molecule has 0 spiro atoms. The second kappa shape index (κ2) is 8.54. The molecular weight excluding hydrogens is 302 g/mol. The number of ether oxygens (including phenoxy) is 1. The lowest BCUT2D eigenvalue weighted by atomic mass is 9.90. The molecule has 0 heterocycles. The maximum Gasteiger partial charge on any atom is 0.329 e. The Bertz CT molecular complexity index is 680. The van der Waals surface area contributed by atoms with Crippen LogP contribution in [0.5, 0.6) is 0 Å². The quantitative estimate of drug-likeness (QED) is 0.657. The number of rotatable bonds is 6. The molecule has 1 N–H and O–H groups in total. The van der Waals surface area contributed by atoms with Gasteiger partial charge in [0.2, 0.25) is 5.91 Å². The fourth-order valence-corrected chi connectivity index (χ4v) is 2.49. The molecule has 0 aliphatic rings. The Morgan fingerprint density at radius 2 is 1.54 bits per heavy atom. The molecule has 1 atom stereocenters. The lowest BCUT2D eigenvalue weighted by Crippen LogP contribution is -2.43. The molecule has 2 aromatic rings. The van der Waals surface area contributed by atoms with E-state index >= 15 is 0 Å². The smallest absolute Gasteiger partial charge is 0.329 e. The summed E-state index contributed by atoms with van der Waals surface area (Å²) in [7, 11) is 1.27. The number of amides is 1. The third-order valence-corrected chi connectivity index (χ3v) is 3.65. The Kier molecular flexibility index (Phi) is 6.16. The van der Waals surface area contributed by atoms with Crippen molar-refractivity contribution in [2.24, 2.45) is 0 Å². The van der Waals surface area contributed by atoms with Gasteiger partial charge in [0.05, 0.1) is 13.0 Å². The Hall–Kier alpha value is -3.06. The van der Waals surface area contributed by atoms with Crippen molar-refractivity contribution >= 4 is 11.9 Å². The average Bonchev–Trinajstić information content (AvgIpc) is 2.62. The minimum atomic E-state index is -0.859. The van der Waals surface area contributed by atoms with Crippen LogP contribution in [0, 0.1) is 12.3 Å². The van der Waals surface area contributed by atoms with Gasteiger partial charge in [-0.1, -0.05) is 60.7 Å². The van der Waals surface area contributed by atoms with E-state index in [-0.39, 0.29) is 12.3 Å². The zero-order chi connectivity index (χ0) is 17.4. The SMILES string of the molecule is C#CC[C@H](NC(=O)C(c1ccccc1)c1ccccc1)C(=O)OC. The normalized spacial score (nSPS) is 11.4. The molecule has 0 unspecified atom stereocenters. The molecule has 0 aliphatic heterocycles. The molecule has 4 nitrogen and oxygen atoms in total. The third kappa shape index (κ3) is 4.23. The molecule has 122 valence electrons. The number of carbonyl (C=O) groups is 2. The molecule has 0 radical (unpaired) electrons. The first kappa shape index (κ1) is 17.3. The van der Waals surface area contributed by atoms with Crippen LogP contribution in [0.25, 0.3) is 0 Å². The molecule has 0 saturated heterocycles. The topological polar surface area (TPSA) is 55.4 Å². The summed E-state index contributed by atoms with van der Waals surface area (Å²) >= 11 is 0. The highest BCUT2D eigenvalue weighted by Gasteiger charge is 2.27. The second-order valence-electron chi connectivity index (χ2n) is 5.25. The van der Waals surface area contributed by atoms with Gasteiger partial charge in [-0.05, 0) is 11.1 Å². The van der Waals surface area contributed by atoms with Gasteiger partial charge >= 0.3 is 5.97 Å². The lowest BCUT2D eigenvalue weighted by molar-refractivity contribution is -0.145. The summed E-state index contributed by atoms with van der Waals surface area (Å²) in [4.78, 5) is 24.7.